The minimum absolute atomic E-state index is 0.0611. The molecule has 1 aromatic heterocycles. The zero-order valence-corrected chi connectivity index (χ0v) is 11.4. The molecule has 0 amide bonds. The van der Waals surface area contributed by atoms with E-state index in [1.165, 1.54) is 0 Å². The first-order valence-electron chi connectivity index (χ1n) is 5.83. The van der Waals surface area contributed by atoms with Crippen molar-refractivity contribution in [2.45, 2.75) is 38.8 Å². The number of hydrogen-bond donors (Lipinski definition) is 2. The van der Waals surface area contributed by atoms with Crippen molar-refractivity contribution in [3.05, 3.63) is 12.5 Å². The number of aromatic nitrogens is 2. The number of nitrogen functional groups attached to an aromatic ring is 1. The van der Waals surface area contributed by atoms with Gasteiger partial charge in [-0.25, -0.2) is 4.98 Å². The van der Waals surface area contributed by atoms with Gasteiger partial charge in [0.1, 0.15) is 5.82 Å². The molecule has 1 heterocycles. The van der Waals surface area contributed by atoms with Crippen LogP contribution in [0.4, 0.5) is 5.82 Å². The lowest BCUT2D eigenvalue weighted by Crippen LogP contribution is -2.44. The maximum Gasteiger partial charge on any atom is 0.141 e. The van der Waals surface area contributed by atoms with Crippen LogP contribution in [0.15, 0.2) is 12.5 Å². The second kappa shape index (κ2) is 5.06. The Labute approximate surface area is 103 Å². The molecule has 0 atom stereocenters. The molecule has 98 valence electrons. The Balaban J connectivity index is 2.51. The number of anilines is 1. The quantitative estimate of drug-likeness (QED) is 0.784. The highest BCUT2D eigenvalue weighted by Gasteiger charge is 2.22. The second-order valence-electron chi connectivity index (χ2n) is 5.59. The molecule has 0 saturated carbocycles. The molecule has 0 bridgehead atoms. The van der Waals surface area contributed by atoms with Crippen LogP contribution in [-0.4, -0.2) is 35.4 Å². The maximum atomic E-state index is 5.62. The summed E-state index contributed by atoms with van der Waals surface area (Å²) >= 11 is 0. The van der Waals surface area contributed by atoms with Gasteiger partial charge in [-0.15, -0.1) is 0 Å². The van der Waals surface area contributed by atoms with E-state index in [-0.39, 0.29) is 11.1 Å². The Bertz CT molecular complexity index is 357. The first-order chi connectivity index (χ1) is 7.77. The van der Waals surface area contributed by atoms with Crippen molar-refractivity contribution in [2.75, 3.05) is 25.9 Å². The van der Waals surface area contributed by atoms with Crippen LogP contribution in [0.25, 0.3) is 0 Å². The van der Waals surface area contributed by atoms with Crippen LogP contribution in [0.5, 0.6) is 0 Å². The van der Waals surface area contributed by atoms with Gasteiger partial charge < -0.3 is 20.4 Å². The van der Waals surface area contributed by atoms with E-state index in [1.807, 2.05) is 10.8 Å². The summed E-state index contributed by atoms with van der Waals surface area (Å²) in [6.07, 6.45) is 3.61. The first kappa shape index (κ1) is 14.0. The molecule has 3 N–H and O–H groups in total. The molecule has 5 nitrogen and oxygen atoms in total. The molecular weight excluding hydrogens is 216 g/mol. The van der Waals surface area contributed by atoms with Gasteiger partial charge in [-0.1, -0.05) is 0 Å². The monoisotopic (exact) mass is 240 g/mol. The fourth-order valence-electron chi connectivity index (χ4n) is 1.50. The third-order valence-corrected chi connectivity index (χ3v) is 2.96. The van der Waals surface area contributed by atoms with Gasteiger partial charge in [0, 0.05) is 26.4 Å². The fraction of sp³-hybridized carbons (Fsp3) is 0.750. The summed E-state index contributed by atoms with van der Waals surface area (Å²) in [5.41, 5.74) is 5.41. The Morgan fingerprint density at radius 1 is 1.35 bits per heavy atom. The zero-order chi connectivity index (χ0) is 13.1. The highest BCUT2D eigenvalue weighted by atomic mass is 16.5. The highest BCUT2D eigenvalue weighted by molar-refractivity contribution is 5.23. The summed E-state index contributed by atoms with van der Waals surface area (Å²) in [6.45, 7) is 10.0. The third kappa shape index (κ3) is 4.02. The summed E-state index contributed by atoms with van der Waals surface area (Å²) in [5, 5.41) is 3.41. The van der Waals surface area contributed by atoms with Gasteiger partial charge in [-0.05, 0) is 27.7 Å². The maximum absolute atomic E-state index is 5.62. The van der Waals surface area contributed by atoms with Crippen LogP contribution in [0.2, 0.25) is 0 Å². The van der Waals surface area contributed by atoms with Gasteiger partial charge in [0.25, 0.3) is 0 Å². The van der Waals surface area contributed by atoms with Gasteiger partial charge >= 0.3 is 0 Å². The number of nitrogens with two attached hydrogens (primary N) is 1. The van der Waals surface area contributed by atoms with Crippen molar-refractivity contribution < 1.29 is 4.74 Å². The van der Waals surface area contributed by atoms with Crippen molar-refractivity contribution in [1.82, 2.24) is 14.9 Å². The number of nitrogens with zero attached hydrogens (tertiary/aromatic N) is 2. The molecule has 0 saturated heterocycles. The Morgan fingerprint density at radius 2 is 2.00 bits per heavy atom. The van der Waals surface area contributed by atoms with Crippen LogP contribution < -0.4 is 11.1 Å². The Hall–Kier alpha value is -1.07. The van der Waals surface area contributed by atoms with Crippen molar-refractivity contribution in [2.24, 2.45) is 0 Å². The number of hydrogen-bond acceptors (Lipinski definition) is 4. The SMILES string of the molecule is COC(C)(C)CNCC(C)(C)n1cnc(N)c1. The van der Waals surface area contributed by atoms with E-state index in [1.54, 1.807) is 13.4 Å². The largest absolute Gasteiger partial charge is 0.382 e. The van der Waals surface area contributed by atoms with Crippen LogP contribution in [-0.2, 0) is 10.3 Å². The van der Waals surface area contributed by atoms with Crippen LogP contribution in [0, 0.1) is 0 Å². The molecule has 0 aliphatic rings. The molecule has 1 aromatic rings. The molecular formula is C12H24N4O. The predicted molar refractivity (Wildman–Crippen MR) is 69.9 cm³/mol. The summed E-state index contributed by atoms with van der Waals surface area (Å²) in [4.78, 5) is 4.04. The lowest BCUT2D eigenvalue weighted by atomic mass is 10.0. The summed E-state index contributed by atoms with van der Waals surface area (Å²) in [5.74, 6) is 0.551. The van der Waals surface area contributed by atoms with Gasteiger partial charge in [-0.3, -0.25) is 0 Å². The molecule has 17 heavy (non-hydrogen) atoms. The molecule has 0 aliphatic heterocycles. The van der Waals surface area contributed by atoms with Gasteiger partial charge in [0.05, 0.1) is 17.5 Å². The molecule has 0 fully saturated rings. The van der Waals surface area contributed by atoms with Crippen LogP contribution in [0.3, 0.4) is 0 Å². The molecule has 0 radical (unpaired) electrons. The molecule has 0 aliphatic carbocycles. The minimum atomic E-state index is -0.149. The zero-order valence-electron chi connectivity index (χ0n) is 11.4. The number of methoxy groups -OCH3 is 1. The highest BCUT2D eigenvalue weighted by Crippen LogP contribution is 2.15. The van der Waals surface area contributed by atoms with E-state index >= 15 is 0 Å². The molecule has 0 unspecified atom stereocenters. The average molecular weight is 240 g/mol. The van der Waals surface area contributed by atoms with Crippen molar-refractivity contribution in [1.29, 1.82) is 0 Å². The fourth-order valence-corrected chi connectivity index (χ4v) is 1.50. The number of imidazole rings is 1. The summed E-state index contributed by atoms with van der Waals surface area (Å²) in [7, 11) is 1.73. The topological polar surface area (TPSA) is 65.1 Å². The summed E-state index contributed by atoms with van der Waals surface area (Å²) < 4.78 is 7.38. The normalized spacial score (nSPS) is 13.0. The number of rotatable bonds is 6. The third-order valence-electron chi connectivity index (χ3n) is 2.96. The number of nitrogens with one attached hydrogen (secondary N) is 1. The number of ether oxygens (including phenoxy) is 1. The lowest BCUT2D eigenvalue weighted by molar-refractivity contribution is 0.0218. The average Bonchev–Trinajstić information content (AvgIpc) is 2.65. The van der Waals surface area contributed by atoms with Gasteiger partial charge in [0.15, 0.2) is 0 Å². The predicted octanol–water partition coefficient (Wildman–Crippen LogP) is 1.21. The molecule has 5 heteroatoms. The van der Waals surface area contributed by atoms with E-state index < -0.39 is 0 Å². The molecule has 0 aromatic carbocycles. The molecule has 1 rings (SSSR count). The van der Waals surface area contributed by atoms with E-state index in [9.17, 15) is 0 Å². The van der Waals surface area contributed by atoms with Gasteiger partial charge in [0.2, 0.25) is 0 Å². The smallest absolute Gasteiger partial charge is 0.141 e. The first-order valence-corrected chi connectivity index (χ1v) is 5.83. The summed E-state index contributed by atoms with van der Waals surface area (Å²) in [6, 6.07) is 0. The second-order valence-corrected chi connectivity index (χ2v) is 5.59. The lowest BCUT2D eigenvalue weighted by Gasteiger charge is -2.30. The standard InChI is InChI=1S/C12H24N4O/c1-11(2,16-6-10(13)15-9-16)7-14-8-12(3,4)17-5/h6,9,14H,7-8,13H2,1-5H3. The molecule has 0 spiro atoms. The van der Waals surface area contributed by atoms with Gasteiger partial charge in [-0.2, -0.15) is 0 Å². The Kier molecular flexibility index (Phi) is 4.16. The van der Waals surface area contributed by atoms with Crippen molar-refractivity contribution in [3.8, 4) is 0 Å². The van der Waals surface area contributed by atoms with Crippen molar-refractivity contribution >= 4 is 5.82 Å². The van der Waals surface area contributed by atoms with E-state index in [0.717, 1.165) is 13.1 Å². The van der Waals surface area contributed by atoms with E-state index in [4.69, 9.17) is 10.5 Å². The van der Waals surface area contributed by atoms with E-state index in [0.29, 0.717) is 5.82 Å². The van der Waals surface area contributed by atoms with Crippen LogP contribution >= 0.6 is 0 Å². The minimum Gasteiger partial charge on any atom is -0.382 e. The van der Waals surface area contributed by atoms with E-state index in [2.05, 4.69) is 38.0 Å². The Morgan fingerprint density at radius 3 is 2.47 bits per heavy atom. The van der Waals surface area contributed by atoms with Crippen molar-refractivity contribution in [3.63, 3.8) is 0 Å². The van der Waals surface area contributed by atoms with Crippen LogP contribution in [0.1, 0.15) is 27.7 Å².